The molecule has 1 N–H and O–H groups in total. The van der Waals surface area contributed by atoms with E-state index in [-0.39, 0.29) is 0 Å². The first-order valence-electron chi connectivity index (χ1n) is 8.20. The quantitative estimate of drug-likeness (QED) is 0.807. The molecule has 2 bridgehead atoms. The van der Waals surface area contributed by atoms with Gasteiger partial charge in [0.15, 0.2) is 0 Å². The van der Waals surface area contributed by atoms with Crippen molar-refractivity contribution in [2.75, 3.05) is 33.2 Å². The van der Waals surface area contributed by atoms with Crippen LogP contribution in [0.1, 0.15) is 44.9 Å². The molecule has 3 rings (SSSR count). The molecule has 18 heavy (non-hydrogen) atoms. The van der Waals surface area contributed by atoms with Crippen LogP contribution in [-0.2, 0) is 0 Å². The number of hydrogen-bond acceptors (Lipinski definition) is 2. The van der Waals surface area contributed by atoms with Crippen LogP contribution in [0.25, 0.3) is 0 Å². The molecule has 3 aliphatic rings. The molecule has 0 radical (unpaired) electrons. The summed E-state index contributed by atoms with van der Waals surface area (Å²) in [6.07, 6.45) is 10.4. The number of nitrogens with one attached hydrogen (secondary N) is 1. The minimum Gasteiger partial charge on any atom is -0.317 e. The molecule has 104 valence electrons. The van der Waals surface area contributed by atoms with Crippen molar-refractivity contribution >= 4 is 0 Å². The fraction of sp³-hybridized carbons (Fsp3) is 1.00. The van der Waals surface area contributed by atoms with Crippen molar-refractivity contribution in [3.63, 3.8) is 0 Å². The van der Waals surface area contributed by atoms with Crippen LogP contribution in [0.15, 0.2) is 0 Å². The van der Waals surface area contributed by atoms with Crippen molar-refractivity contribution in [2.24, 2.45) is 23.7 Å². The molecule has 1 saturated heterocycles. The van der Waals surface area contributed by atoms with Gasteiger partial charge in [-0.15, -0.1) is 0 Å². The van der Waals surface area contributed by atoms with Crippen molar-refractivity contribution in [3.05, 3.63) is 0 Å². The fourth-order valence-corrected chi connectivity index (χ4v) is 4.67. The van der Waals surface area contributed by atoms with E-state index in [0.29, 0.717) is 0 Å². The zero-order valence-electron chi connectivity index (χ0n) is 12.0. The van der Waals surface area contributed by atoms with E-state index in [9.17, 15) is 0 Å². The van der Waals surface area contributed by atoms with Gasteiger partial charge in [0.2, 0.25) is 0 Å². The van der Waals surface area contributed by atoms with Gasteiger partial charge in [-0.25, -0.2) is 0 Å². The third-order valence-corrected chi connectivity index (χ3v) is 5.81. The third-order valence-electron chi connectivity index (χ3n) is 5.81. The van der Waals surface area contributed by atoms with E-state index in [1.165, 1.54) is 51.9 Å². The number of fused-ring (bicyclic) bond motifs is 2. The SMILES string of the molecule is CN(CCC1CCNCC1)CC1CC2CCC1C2. The van der Waals surface area contributed by atoms with Gasteiger partial charge in [-0.05, 0) is 88.9 Å². The highest BCUT2D eigenvalue weighted by atomic mass is 15.1. The van der Waals surface area contributed by atoms with E-state index in [1.807, 2.05) is 0 Å². The van der Waals surface area contributed by atoms with Gasteiger partial charge in [-0.1, -0.05) is 6.42 Å². The molecule has 3 fully saturated rings. The number of rotatable bonds is 5. The molecule has 2 saturated carbocycles. The Kier molecular flexibility index (Phi) is 4.25. The Balaban J connectivity index is 1.35. The zero-order valence-corrected chi connectivity index (χ0v) is 12.0. The molecule has 2 nitrogen and oxygen atoms in total. The number of piperidine rings is 1. The first-order valence-corrected chi connectivity index (χ1v) is 8.20. The Labute approximate surface area is 113 Å². The lowest BCUT2D eigenvalue weighted by Gasteiger charge is -2.29. The fourth-order valence-electron chi connectivity index (χ4n) is 4.67. The summed E-state index contributed by atoms with van der Waals surface area (Å²) in [6.45, 7) is 5.21. The number of hydrogen-bond donors (Lipinski definition) is 1. The van der Waals surface area contributed by atoms with Crippen LogP contribution in [0.3, 0.4) is 0 Å². The Morgan fingerprint density at radius 1 is 1.06 bits per heavy atom. The summed E-state index contributed by atoms with van der Waals surface area (Å²) in [5.41, 5.74) is 0. The maximum atomic E-state index is 3.47. The molecule has 0 spiro atoms. The van der Waals surface area contributed by atoms with E-state index in [4.69, 9.17) is 0 Å². The second-order valence-corrected chi connectivity index (χ2v) is 7.18. The van der Waals surface area contributed by atoms with Crippen LogP contribution in [0.4, 0.5) is 0 Å². The van der Waals surface area contributed by atoms with Crippen molar-refractivity contribution in [1.82, 2.24) is 10.2 Å². The summed E-state index contributed by atoms with van der Waals surface area (Å²) < 4.78 is 0. The summed E-state index contributed by atoms with van der Waals surface area (Å²) >= 11 is 0. The van der Waals surface area contributed by atoms with Crippen LogP contribution in [-0.4, -0.2) is 38.1 Å². The monoisotopic (exact) mass is 250 g/mol. The molecule has 0 aromatic heterocycles. The predicted octanol–water partition coefficient (Wildman–Crippen LogP) is 2.74. The molecular weight excluding hydrogens is 220 g/mol. The van der Waals surface area contributed by atoms with E-state index < -0.39 is 0 Å². The second kappa shape index (κ2) is 5.92. The Morgan fingerprint density at radius 3 is 2.56 bits per heavy atom. The molecule has 3 atom stereocenters. The predicted molar refractivity (Wildman–Crippen MR) is 76.6 cm³/mol. The van der Waals surface area contributed by atoms with Gasteiger partial charge < -0.3 is 10.2 Å². The number of nitrogens with zero attached hydrogens (tertiary/aromatic N) is 1. The van der Waals surface area contributed by atoms with Gasteiger partial charge in [0.05, 0.1) is 0 Å². The van der Waals surface area contributed by atoms with Gasteiger partial charge in [0, 0.05) is 6.54 Å². The largest absolute Gasteiger partial charge is 0.317 e. The minimum absolute atomic E-state index is 0.994. The van der Waals surface area contributed by atoms with Crippen molar-refractivity contribution in [3.8, 4) is 0 Å². The van der Waals surface area contributed by atoms with Crippen LogP contribution in [0.2, 0.25) is 0 Å². The normalized spacial score (nSPS) is 36.7. The first-order chi connectivity index (χ1) is 8.81. The summed E-state index contributed by atoms with van der Waals surface area (Å²) in [5.74, 6) is 4.24. The molecular formula is C16H30N2. The Morgan fingerprint density at radius 2 is 1.89 bits per heavy atom. The van der Waals surface area contributed by atoms with Crippen LogP contribution in [0.5, 0.6) is 0 Å². The lowest BCUT2D eigenvalue weighted by Crippen LogP contribution is -2.33. The average Bonchev–Trinajstić information content (AvgIpc) is 3.00. The van der Waals surface area contributed by atoms with Gasteiger partial charge in [0.1, 0.15) is 0 Å². The Hall–Kier alpha value is -0.0800. The van der Waals surface area contributed by atoms with E-state index in [2.05, 4.69) is 17.3 Å². The second-order valence-electron chi connectivity index (χ2n) is 7.18. The lowest BCUT2D eigenvalue weighted by molar-refractivity contribution is 0.203. The molecule has 1 heterocycles. The summed E-state index contributed by atoms with van der Waals surface area (Å²) in [7, 11) is 2.35. The summed E-state index contributed by atoms with van der Waals surface area (Å²) in [4.78, 5) is 2.63. The van der Waals surface area contributed by atoms with Crippen LogP contribution >= 0.6 is 0 Å². The molecule has 0 aromatic rings. The Bertz CT molecular complexity index is 260. The van der Waals surface area contributed by atoms with Gasteiger partial charge in [-0.2, -0.15) is 0 Å². The van der Waals surface area contributed by atoms with Gasteiger partial charge >= 0.3 is 0 Å². The van der Waals surface area contributed by atoms with Gasteiger partial charge in [-0.3, -0.25) is 0 Å². The molecule has 2 heteroatoms. The molecule has 3 unspecified atom stereocenters. The van der Waals surface area contributed by atoms with Crippen molar-refractivity contribution < 1.29 is 0 Å². The lowest BCUT2D eigenvalue weighted by atomic mass is 9.88. The van der Waals surface area contributed by atoms with E-state index >= 15 is 0 Å². The highest BCUT2D eigenvalue weighted by molar-refractivity contribution is 4.91. The highest BCUT2D eigenvalue weighted by Crippen LogP contribution is 2.48. The highest BCUT2D eigenvalue weighted by Gasteiger charge is 2.39. The molecule has 0 aromatic carbocycles. The molecule has 1 aliphatic heterocycles. The van der Waals surface area contributed by atoms with E-state index in [0.717, 1.165) is 23.7 Å². The standard InChI is InChI=1S/C16H30N2/c1-18(9-6-13-4-7-17-8-5-13)12-16-11-14-2-3-15(16)10-14/h13-17H,2-12H2,1H3. The minimum atomic E-state index is 0.994. The van der Waals surface area contributed by atoms with Crippen LogP contribution < -0.4 is 5.32 Å². The molecule has 0 amide bonds. The van der Waals surface area contributed by atoms with Crippen molar-refractivity contribution in [1.29, 1.82) is 0 Å². The maximum absolute atomic E-state index is 3.47. The van der Waals surface area contributed by atoms with Crippen molar-refractivity contribution in [2.45, 2.75) is 44.9 Å². The topological polar surface area (TPSA) is 15.3 Å². The summed E-state index contributed by atoms with van der Waals surface area (Å²) in [6, 6.07) is 0. The average molecular weight is 250 g/mol. The zero-order chi connectivity index (χ0) is 12.4. The van der Waals surface area contributed by atoms with Crippen LogP contribution in [0, 0.1) is 23.7 Å². The van der Waals surface area contributed by atoms with E-state index in [1.54, 1.807) is 19.3 Å². The summed E-state index contributed by atoms with van der Waals surface area (Å²) in [5, 5.41) is 3.47. The molecule has 2 aliphatic carbocycles. The first kappa shape index (κ1) is 12.9. The van der Waals surface area contributed by atoms with Gasteiger partial charge in [0.25, 0.3) is 0 Å². The maximum Gasteiger partial charge on any atom is 0.000936 e. The smallest absolute Gasteiger partial charge is 0.000936 e. The third kappa shape index (κ3) is 3.08.